The van der Waals surface area contributed by atoms with E-state index < -0.39 is 12.1 Å². The summed E-state index contributed by atoms with van der Waals surface area (Å²) < 4.78 is 5.94. The Morgan fingerprint density at radius 1 is 1.28 bits per heavy atom. The number of aliphatic hydroxyl groups excluding tert-OH is 1. The molecule has 6 nitrogen and oxygen atoms in total. The van der Waals surface area contributed by atoms with Gasteiger partial charge in [0.1, 0.15) is 11.0 Å². The molecular formula is C22H33NO5S. The highest BCUT2D eigenvalue weighted by Gasteiger charge is 2.43. The van der Waals surface area contributed by atoms with E-state index in [1.54, 1.807) is 4.90 Å². The molecular weight excluding hydrogens is 390 g/mol. The second kappa shape index (κ2) is 9.14. The number of amides is 1. The quantitative estimate of drug-likeness (QED) is 0.716. The lowest BCUT2D eigenvalue weighted by Crippen LogP contribution is -2.57. The van der Waals surface area contributed by atoms with Crippen molar-refractivity contribution in [3.05, 3.63) is 15.8 Å². The Hall–Kier alpha value is -1.44. The van der Waals surface area contributed by atoms with Crippen LogP contribution in [0.1, 0.15) is 80.3 Å². The Balaban J connectivity index is 2.02. The molecule has 1 saturated carbocycles. The van der Waals surface area contributed by atoms with E-state index in [4.69, 9.17) is 4.74 Å². The summed E-state index contributed by atoms with van der Waals surface area (Å²) in [7, 11) is 0. The molecule has 0 aromatic carbocycles. The van der Waals surface area contributed by atoms with Gasteiger partial charge in [-0.2, -0.15) is 0 Å². The van der Waals surface area contributed by atoms with Crippen LogP contribution in [0.3, 0.4) is 0 Å². The van der Waals surface area contributed by atoms with E-state index in [1.807, 2.05) is 6.07 Å². The first-order valence-corrected chi connectivity index (χ1v) is 11.5. The average molecular weight is 424 g/mol. The number of carbonyl (C=O) groups excluding carboxylic acids is 1. The molecule has 1 saturated heterocycles. The van der Waals surface area contributed by atoms with Crippen molar-refractivity contribution in [3.63, 3.8) is 0 Å². The van der Waals surface area contributed by atoms with Crippen molar-refractivity contribution in [1.29, 1.82) is 0 Å². The highest BCUT2D eigenvalue weighted by atomic mass is 32.1. The second-order valence-corrected chi connectivity index (χ2v) is 10.3. The van der Waals surface area contributed by atoms with Crippen LogP contribution in [0.5, 0.6) is 0 Å². The molecule has 2 atom stereocenters. The summed E-state index contributed by atoms with van der Waals surface area (Å²) in [5.41, 5.74) is 0.323. The maximum Gasteiger partial charge on any atom is 0.348 e. The van der Waals surface area contributed by atoms with Crippen molar-refractivity contribution >= 4 is 28.9 Å². The molecule has 3 rings (SSSR count). The zero-order valence-electron chi connectivity index (χ0n) is 17.6. The topological polar surface area (TPSA) is 87.1 Å². The minimum absolute atomic E-state index is 0.00614. The van der Waals surface area contributed by atoms with Crippen LogP contribution < -0.4 is 4.90 Å². The highest BCUT2D eigenvalue weighted by molar-refractivity contribution is 7.14. The van der Waals surface area contributed by atoms with Gasteiger partial charge in [-0.25, -0.2) is 4.79 Å². The minimum atomic E-state index is -0.992. The Bertz CT molecular complexity index is 732. The maximum atomic E-state index is 13.4. The van der Waals surface area contributed by atoms with Crippen molar-refractivity contribution in [2.45, 2.75) is 83.3 Å². The number of hydrogen-bond acceptors (Lipinski definition) is 5. The molecule has 1 unspecified atom stereocenters. The number of nitrogens with zero attached hydrogens (tertiary/aromatic N) is 1. The number of aromatic carboxylic acids is 1. The van der Waals surface area contributed by atoms with Gasteiger partial charge >= 0.3 is 5.97 Å². The van der Waals surface area contributed by atoms with Gasteiger partial charge in [-0.05, 0) is 43.1 Å². The SMILES string of the molecule is CC(C)(C)c1cc(N2C(=O)C(CCCO)OC[C@H]2C2CCCCC2)c(C(=O)O)s1. The predicted molar refractivity (Wildman–Crippen MR) is 114 cm³/mol. The summed E-state index contributed by atoms with van der Waals surface area (Å²) in [5, 5.41) is 19.0. The fourth-order valence-corrected chi connectivity index (χ4v) is 5.45. The van der Waals surface area contributed by atoms with Crippen LogP contribution in [-0.2, 0) is 14.9 Å². The first-order valence-electron chi connectivity index (χ1n) is 10.7. The molecule has 0 spiro atoms. The molecule has 1 aromatic heterocycles. The summed E-state index contributed by atoms with van der Waals surface area (Å²) in [6.45, 7) is 6.59. The Labute approximate surface area is 176 Å². The number of hydrogen-bond donors (Lipinski definition) is 2. The Morgan fingerprint density at radius 2 is 1.97 bits per heavy atom. The van der Waals surface area contributed by atoms with Gasteiger partial charge in [0.15, 0.2) is 0 Å². The van der Waals surface area contributed by atoms with E-state index >= 15 is 0 Å². The third-order valence-corrected chi connectivity index (χ3v) is 7.57. The number of carbonyl (C=O) groups is 2. The van der Waals surface area contributed by atoms with Gasteiger partial charge in [-0.3, -0.25) is 4.79 Å². The summed E-state index contributed by atoms with van der Waals surface area (Å²) >= 11 is 1.26. The lowest BCUT2D eigenvalue weighted by atomic mass is 9.82. The van der Waals surface area contributed by atoms with Crippen LogP contribution in [0, 0.1) is 5.92 Å². The third kappa shape index (κ3) is 4.84. The maximum absolute atomic E-state index is 13.4. The number of thiophene rings is 1. The molecule has 0 bridgehead atoms. The molecule has 29 heavy (non-hydrogen) atoms. The third-order valence-electron chi connectivity index (χ3n) is 6.04. The molecule has 2 fully saturated rings. The first-order chi connectivity index (χ1) is 13.7. The first kappa shape index (κ1) is 22.2. The van der Waals surface area contributed by atoms with Crippen LogP contribution in [0.4, 0.5) is 5.69 Å². The van der Waals surface area contributed by atoms with E-state index in [9.17, 15) is 19.8 Å². The van der Waals surface area contributed by atoms with Crippen molar-refractivity contribution in [1.82, 2.24) is 0 Å². The fraction of sp³-hybridized carbons (Fsp3) is 0.727. The summed E-state index contributed by atoms with van der Waals surface area (Å²) in [5.74, 6) is -0.832. The van der Waals surface area contributed by atoms with Gasteiger partial charge in [-0.1, -0.05) is 40.0 Å². The zero-order chi connectivity index (χ0) is 21.2. The standard InChI is InChI=1S/C22H33NO5S/c1-22(2,3)18-12-15(19(29-18)21(26)27)23-16(14-8-5-4-6-9-14)13-28-17(20(23)25)10-7-11-24/h12,14,16-17,24H,4-11,13H2,1-3H3,(H,26,27)/t16-,17?/m0/s1. The number of rotatable bonds is 6. The number of aliphatic hydroxyl groups is 1. The van der Waals surface area contributed by atoms with Crippen molar-refractivity contribution in [2.24, 2.45) is 5.92 Å². The minimum Gasteiger partial charge on any atom is -0.477 e. The van der Waals surface area contributed by atoms with Crippen LogP contribution in [0.15, 0.2) is 6.07 Å². The van der Waals surface area contributed by atoms with Crippen LogP contribution in [0.25, 0.3) is 0 Å². The number of carboxylic acids is 1. The highest BCUT2D eigenvalue weighted by Crippen LogP contribution is 2.42. The summed E-state index contributed by atoms with van der Waals surface area (Å²) in [6.07, 6.45) is 5.88. The van der Waals surface area contributed by atoms with E-state index in [2.05, 4.69) is 20.8 Å². The molecule has 2 aliphatic rings. The molecule has 162 valence electrons. The lowest BCUT2D eigenvalue weighted by molar-refractivity contribution is -0.138. The summed E-state index contributed by atoms with van der Waals surface area (Å²) in [4.78, 5) is 28.4. The van der Waals surface area contributed by atoms with Crippen molar-refractivity contribution < 1.29 is 24.5 Å². The lowest BCUT2D eigenvalue weighted by Gasteiger charge is -2.44. The number of ether oxygens (including phenoxy) is 1. The van der Waals surface area contributed by atoms with Gasteiger partial charge in [-0.15, -0.1) is 11.3 Å². The van der Waals surface area contributed by atoms with Gasteiger partial charge in [0.2, 0.25) is 0 Å². The smallest absolute Gasteiger partial charge is 0.348 e. The van der Waals surface area contributed by atoms with Gasteiger partial charge < -0.3 is 19.8 Å². The Kier molecular flexibility index (Phi) is 7.02. The van der Waals surface area contributed by atoms with Crippen LogP contribution in [-0.4, -0.2) is 47.4 Å². The van der Waals surface area contributed by atoms with Crippen molar-refractivity contribution in [3.8, 4) is 0 Å². The zero-order valence-corrected chi connectivity index (χ0v) is 18.5. The molecule has 1 aliphatic carbocycles. The number of morpholine rings is 1. The van der Waals surface area contributed by atoms with Gasteiger partial charge in [0, 0.05) is 11.5 Å². The van der Waals surface area contributed by atoms with Crippen LogP contribution >= 0.6 is 11.3 Å². The summed E-state index contributed by atoms with van der Waals surface area (Å²) in [6, 6.07) is 1.77. The number of anilines is 1. The monoisotopic (exact) mass is 423 g/mol. The molecule has 7 heteroatoms. The number of carboxylic acid groups (broad SMARTS) is 1. The average Bonchev–Trinajstić information content (AvgIpc) is 3.13. The normalized spacial score (nSPS) is 24.1. The van der Waals surface area contributed by atoms with Gasteiger partial charge in [0.25, 0.3) is 5.91 Å². The van der Waals surface area contributed by atoms with Crippen LogP contribution in [0.2, 0.25) is 0 Å². The van der Waals surface area contributed by atoms with E-state index in [1.165, 1.54) is 17.8 Å². The van der Waals surface area contributed by atoms with Crippen molar-refractivity contribution in [2.75, 3.05) is 18.1 Å². The fourth-order valence-electron chi connectivity index (χ4n) is 4.41. The Morgan fingerprint density at radius 3 is 2.55 bits per heavy atom. The molecule has 2 N–H and O–H groups in total. The molecule has 1 aliphatic heterocycles. The van der Waals surface area contributed by atoms with E-state index in [-0.39, 0.29) is 28.8 Å². The largest absolute Gasteiger partial charge is 0.477 e. The predicted octanol–water partition coefficient (Wildman–Crippen LogP) is 4.20. The molecule has 1 amide bonds. The molecule has 2 heterocycles. The second-order valence-electron chi connectivity index (χ2n) is 9.24. The molecule has 1 aromatic rings. The van der Waals surface area contributed by atoms with E-state index in [0.717, 1.165) is 30.6 Å². The van der Waals surface area contributed by atoms with E-state index in [0.29, 0.717) is 31.1 Å². The van der Waals surface area contributed by atoms with Gasteiger partial charge in [0.05, 0.1) is 18.3 Å². The molecule has 0 radical (unpaired) electrons.